The number of nitrogens with zero attached hydrogens (tertiary/aromatic N) is 6. The van der Waals surface area contributed by atoms with Gasteiger partial charge in [-0.15, -0.1) is 0 Å². The maximum Gasteiger partial charge on any atom is 0.416 e. The molecule has 3 aromatic heterocycles. The molecule has 0 fully saturated rings. The van der Waals surface area contributed by atoms with E-state index >= 15 is 0 Å². The maximum absolute atomic E-state index is 13.0. The van der Waals surface area contributed by atoms with E-state index in [9.17, 15) is 18.0 Å². The summed E-state index contributed by atoms with van der Waals surface area (Å²) in [6.45, 7) is 1.90. The fourth-order valence-electron chi connectivity index (χ4n) is 2.71. The van der Waals surface area contributed by atoms with Crippen LogP contribution < -0.4 is 5.56 Å². The Hall–Kier alpha value is -3.50. The lowest BCUT2D eigenvalue weighted by Crippen LogP contribution is -2.21. The molecule has 144 valence electrons. The minimum absolute atomic E-state index is 0.0313. The second-order valence-corrected chi connectivity index (χ2v) is 5.98. The molecule has 4 aromatic rings. The third-order valence-electron chi connectivity index (χ3n) is 4.10. The van der Waals surface area contributed by atoms with Gasteiger partial charge in [0.15, 0.2) is 11.5 Å². The van der Waals surface area contributed by atoms with Gasteiger partial charge in [-0.05, 0) is 18.2 Å². The van der Waals surface area contributed by atoms with Crippen LogP contribution in [0.2, 0.25) is 0 Å². The lowest BCUT2D eigenvalue weighted by molar-refractivity contribution is -0.137. The standard InChI is InChI=1S/C17H13F3N6O2/c1-2-13-23-14(28-24-13)8-25-9-21-15-12(16(25)27)7-22-26(15)11-5-3-4-10(6-11)17(18,19)20/h3-7,9H,2,8H2,1H3. The van der Waals surface area contributed by atoms with Gasteiger partial charge in [0.05, 0.1) is 17.4 Å². The van der Waals surface area contributed by atoms with Crippen molar-refractivity contribution in [2.24, 2.45) is 0 Å². The Morgan fingerprint density at radius 1 is 1.25 bits per heavy atom. The van der Waals surface area contributed by atoms with Crippen LogP contribution in [0.3, 0.4) is 0 Å². The molecule has 0 atom stereocenters. The molecule has 0 saturated carbocycles. The van der Waals surface area contributed by atoms with E-state index in [0.29, 0.717) is 12.2 Å². The zero-order valence-corrected chi connectivity index (χ0v) is 14.5. The molecule has 3 heterocycles. The maximum atomic E-state index is 13.0. The number of hydrogen-bond acceptors (Lipinski definition) is 6. The summed E-state index contributed by atoms with van der Waals surface area (Å²) >= 11 is 0. The lowest BCUT2D eigenvalue weighted by atomic mass is 10.2. The molecule has 0 amide bonds. The summed E-state index contributed by atoms with van der Waals surface area (Å²) in [5.74, 6) is 0.778. The highest BCUT2D eigenvalue weighted by molar-refractivity contribution is 5.75. The molecule has 0 aliphatic carbocycles. The summed E-state index contributed by atoms with van der Waals surface area (Å²) in [6.07, 6.45) is -1.35. The van der Waals surface area contributed by atoms with Gasteiger partial charge in [0.2, 0.25) is 5.89 Å². The summed E-state index contributed by atoms with van der Waals surface area (Å²) in [5.41, 5.74) is -0.927. The molecule has 0 aliphatic heterocycles. The summed E-state index contributed by atoms with van der Waals surface area (Å²) in [4.78, 5) is 21.0. The quantitative estimate of drug-likeness (QED) is 0.532. The molecule has 11 heteroatoms. The van der Waals surface area contributed by atoms with Gasteiger partial charge in [-0.3, -0.25) is 9.36 Å². The van der Waals surface area contributed by atoms with Crippen molar-refractivity contribution in [2.45, 2.75) is 26.1 Å². The number of fused-ring (bicyclic) bond motifs is 1. The Kier molecular flexibility index (Phi) is 4.21. The minimum atomic E-state index is -4.49. The predicted molar refractivity (Wildman–Crippen MR) is 90.9 cm³/mol. The van der Waals surface area contributed by atoms with Crippen molar-refractivity contribution >= 4 is 11.0 Å². The lowest BCUT2D eigenvalue weighted by Gasteiger charge is -2.09. The summed E-state index contributed by atoms with van der Waals surface area (Å²) in [5, 5.41) is 7.96. The molecule has 0 N–H and O–H groups in total. The fourth-order valence-corrected chi connectivity index (χ4v) is 2.71. The van der Waals surface area contributed by atoms with Crippen LogP contribution in [-0.4, -0.2) is 29.5 Å². The van der Waals surface area contributed by atoms with E-state index in [4.69, 9.17) is 4.52 Å². The van der Waals surface area contributed by atoms with Crippen molar-refractivity contribution in [3.05, 3.63) is 64.4 Å². The first-order valence-electron chi connectivity index (χ1n) is 8.29. The molecule has 28 heavy (non-hydrogen) atoms. The number of aryl methyl sites for hydroxylation is 1. The normalized spacial score (nSPS) is 12.0. The van der Waals surface area contributed by atoms with Gasteiger partial charge in [-0.2, -0.15) is 23.3 Å². The van der Waals surface area contributed by atoms with E-state index in [1.54, 1.807) is 0 Å². The van der Waals surface area contributed by atoms with Crippen molar-refractivity contribution in [1.29, 1.82) is 0 Å². The number of rotatable bonds is 4. The Morgan fingerprint density at radius 2 is 2.07 bits per heavy atom. The molecule has 0 saturated heterocycles. The van der Waals surface area contributed by atoms with E-state index < -0.39 is 17.3 Å². The number of benzene rings is 1. The van der Waals surface area contributed by atoms with Crippen LogP contribution in [0.25, 0.3) is 16.7 Å². The van der Waals surface area contributed by atoms with Gasteiger partial charge in [-0.1, -0.05) is 18.1 Å². The second-order valence-electron chi connectivity index (χ2n) is 5.98. The molecule has 0 aliphatic rings. The zero-order chi connectivity index (χ0) is 19.9. The van der Waals surface area contributed by atoms with Crippen LogP contribution in [-0.2, 0) is 19.1 Å². The van der Waals surface area contributed by atoms with Gasteiger partial charge in [0, 0.05) is 6.42 Å². The topological polar surface area (TPSA) is 91.6 Å². The molecule has 1 aromatic carbocycles. The van der Waals surface area contributed by atoms with Crippen molar-refractivity contribution in [3.63, 3.8) is 0 Å². The second kappa shape index (κ2) is 6.59. The highest BCUT2D eigenvalue weighted by Gasteiger charge is 2.30. The molecular formula is C17H13F3N6O2. The molecule has 0 radical (unpaired) electrons. The van der Waals surface area contributed by atoms with E-state index in [1.165, 1.54) is 33.9 Å². The van der Waals surface area contributed by atoms with E-state index in [1.807, 2.05) is 6.92 Å². The van der Waals surface area contributed by atoms with Crippen LogP contribution in [0, 0.1) is 0 Å². The van der Waals surface area contributed by atoms with Gasteiger partial charge in [0.1, 0.15) is 18.3 Å². The molecule has 0 spiro atoms. The van der Waals surface area contributed by atoms with E-state index in [-0.39, 0.29) is 29.2 Å². The molecule has 0 bridgehead atoms. The Morgan fingerprint density at radius 3 is 2.79 bits per heavy atom. The molecule has 8 nitrogen and oxygen atoms in total. The predicted octanol–water partition coefficient (Wildman–Crippen LogP) is 2.59. The summed E-state index contributed by atoms with van der Waals surface area (Å²) < 4.78 is 46.4. The molecule has 0 unspecified atom stereocenters. The summed E-state index contributed by atoms with van der Waals surface area (Å²) in [6, 6.07) is 4.64. The van der Waals surface area contributed by atoms with Crippen molar-refractivity contribution in [2.75, 3.05) is 0 Å². The molecule has 4 rings (SSSR count). The molecular weight excluding hydrogens is 377 g/mol. The highest BCUT2D eigenvalue weighted by Crippen LogP contribution is 2.30. The van der Waals surface area contributed by atoms with Gasteiger partial charge in [0.25, 0.3) is 5.56 Å². The largest absolute Gasteiger partial charge is 0.416 e. The first-order valence-corrected chi connectivity index (χ1v) is 8.29. The third-order valence-corrected chi connectivity index (χ3v) is 4.10. The average Bonchev–Trinajstić information content (AvgIpc) is 3.30. The first kappa shape index (κ1) is 17.9. The zero-order valence-electron chi connectivity index (χ0n) is 14.5. The highest BCUT2D eigenvalue weighted by atomic mass is 19.4. The van der Waals surface area contributed by atoms with Crippen LogP contribution in [0.1, 0.15) is 24.2 Å². The third kappa shape index (κ3) is 3.15. The number of hydrogen-bond donors (Lipinski definition) is 0. The van der Waals surface area contributed by atoms with Gasteiger partial charge >= 0.3 is 6.18 Å². The Labute approximate surface area is 155 Å². The monoisotopic (exact) mass is 390 g/mol. The van der Waals surface area contributed by atoms with Crippen LogP contribution in [0.15, 0.2) is 46.1 Å². The first-order chi connectivity index (χ1) is 13.4. The Bertz CT molecular complexity index is 1210. The number of aromatic nitrogens is 6. The number of alkyl halides is 3. The SMILES string of the molecule is CCc1noc(Cn2cnc3c(cnn3-c3cccc(C(F)(F)F)c3)c2=O)n1. The van der Waals surface area contributed by atoms with Gasteiger partial charge in [-0.25, -0.2) is 9.67 Å². The smallest absolute Gasteiger partial charge is 0.337 e. The van der Waals surface area contributed by atoms with Crippen molar-refractivity contribution < 1.29 is 17.7 Å². The van der Waals surface area contributed by atoms with Crippen molar-refractivity contribution in [3.8, 4) is 5.69 Å². The summed E-state index contributed by atoms with van der Waals surface area (Å²) in [7, 11) is 0. The number of halogens is 3. The van der Waals surface area contributed by atoms with Crippen LogP contribution >= 0.6 is 0 Å². The van der Waals surface area contributed by atoms with Crippen LogP contribution in [0.4, 0.5) is 13.2 Å². The van der Waals surface area contributed by atoms with Crippen molar-refractivity contribution in [1.82, 2.24) is 29.5 Å². The van der Waals surface area contributed by atoms with E-state index in [2.05, 4.69) is 20.2 Å². The van der Waals surface area contributed by atoms with E-state index in [0.717, 1.165) is 12.1 Å². The van der Waals surface area contributed by atoms with Crippen LogP contribution in [0.5, 0.6) is 0 Å². The fraction of sp³-hybridized carbons (Fsp3) is 0.235. The van der Waals surface area contributed by atoms with Gasteiger partial charge < -0.3 is 4.52 Å². The Balaban J connectivity index is 1.74. The average molecular weight is 390 g/mol. The minimum Gasteiger partial charge on any atom is -0.337 e.